The molecule has 0 heterocycles. The van der Waals surface area contributed by atoms with Gasteiger partial charge in [0.05, 0.1) is 6.61 Å². The summed E-state index contributed by atoms with van der Waals surface area (Å²) in [6.07, 6.45) is 15.7. The molecule has 1 aliphatic carbocycles. The summed E-state index contributed by atoms with van der Waals surface area (Å²) in [7, 11) is 0. The minimum Gasteiger partial charge on any atom is -0.493 e. The van der Waals surface area contributed by atoms with E-state index in [1.807, 2.05) is 0 Å². The fourth-order valence-corrected chi connectivity index (χ4v) is 3.49. The minimum atomic E-state index is 0.264. The third-order valence-electron chi connectivity index (χ3n) is 5.01. The second-order valence-electron chi connectivity index (χ2n) is 7.05. The maximum Gasteiger partial charge on any atom is 0.119 e. The zero-order chi connectivity index (χ0) is 16.2. The maximum absolute atomic E-state index is 8.88. The Hall–Kier alpha value is -1.02. The number of benzene rings is 1. The minimum absolute atomic E-state index is 0.264. The molecule has 130 valence electrons. The summed E-state index contributed by atoms with van der Waals surface area (Å²) < 4.78 is 6.06. The van der Waals surface area contributed by atoms with Crippen LogP contribution in [0.25, 0.3) is 0 Å². The lowest BCUT2D eigenvalue weighted by molar-refractivity contribution is 0.225. The van der Waals surface area contributed by atoms with Crippen LogP contribution in [0, 0.1) is 5.92 Å². The van der Waals surface area contributed by atoms with E-state index < -0.39 is 0 Å². The van der Waals surface area contributed by atoms with Gasteiger partial charge in [-0.05, 0) is 49.3 Å². The summed E-state index contributed by atoms with van der Waals surface area (Å²) in [4.78, 5) is 0. The van der Waals surface area contributed by atoms with Crippen LogP contribution in [-0.4, -0.2) is 18.3 Å². The van der Waals surface area contributed by atoms with Gasteiger partial charge in [0.2, 0.25) is 0 Å². The van der Waals surface area contributed by atoms with Gasteiger partial charge >= 0.3 is 0 Å². The van der Waals surface area contributed by atoms with Crippen molar-refractivity contribution in [2.24, 2.45) is 5.92 Å². The first kappa shape index (κ1) is 18.3. The first-order chi connectivity index (χ1) is 11.4. The quantitative estimate of drug-likeness (QED) is 0.748. The molecule has 0 amide bonds. The number of aliphatic hydroxyl groups excluding tert-OH is 1. The van der Waals surface area contributed by atoms with E-state index in [9.17, 15) is 0 Å². The number of aryl methyl sites for hydroxylation is 1. The second kappa shape index (κ2) is 11.5. The van der Waals surface area contributed by atoms with Crippen LogP contribution in [0.2, 0.25) is 0 Å². The number of hydrogen-bond acceptors (Lipinski definition) is 2. The van der Waals surface area contributed by atoms with Crippen LogP contribution in [0.4, 0.5) is 0 Å². The molecule has 1 aromatic carbocycles. The monoisotopic (exact) mass is 318 g/mol. The van der Waals surface area contributed by atoms with Crippen molar-refractivity contribution in [3.8, 4) is 5.75 Å². The molecule has 1 N–H and O–H groups in total. The second-order valence-corrected chi connectivity index (χ2v) is 7.05. The molecule has 0 saturated heterocycles. The van der Waals surface area contributed by atoms with E-state index in [0.29, 0.717) is 0 Å². The molecule has 0 unspecified atom stereocenters. The van der Waals surface area contributed by atoms with Crippen LogP contribution >= 0.6 is 0 Å². The molecule has 0 aromatic heterocycles. The van der Waals surface area contributed by atoms with Crippen molar-refractivity contribution in [1.82, 2.24) is 0 Å². The predicted molar refractivity (Wildman–Crippen MR) is 97.0 cm³/mol. The molecule has 0 bridgehead atoms. The number of ether oxygens (including phenoxy) is 1. The molecule has 0 radical (unpaired) electrons. The number of rotatable bonds is 6. The molecular weight excluding hydrogens is 284 g/mol. The highest BCUT2D eigenvalue weighted by Crippen LogP contribution is 2.23. The SMILES string of the molecule is OCCCc1ccc(OCC2CCCCCCCCCC2)cc1. The maximum atomic E-state index is 8.88. The standard InChI is InChI=1S/C21H34O2/c22-17-9-12-19-13-15-21(16-14-19)23-18-20-10-7-5-3-1-2-4-6-8-11-20/h13-16,20,22H,1-12,17-18H2. The third kappa shape index (κ3) is 7.87. The average molecular weight is 319 g/mol. The first-order valence-electron chi connectivity index (χ1n) is 9.71. The Morgan fingerprint density at radius 3 is 1.96 bits per heavy atom. The fraction of sp³-hybridized carbons (Fsp3) is 0.714. The van der Waals surface area contributed by atoms with Crippen molar-refractivity contribution in [2.45, 2.75) is 77.0 Å². The molecule has 2 rings (SSSR count). The van der Waals surface area contributed by atoms with Gasteiger partial charge in [-0.2, -0.15) is 0 Å². The smallest absolute Gasteiger partial charge is 0.119 e. The Morgan fingerprint density at radius 2 is 1.39 bits per heavy atom. The molecule has 1 aromatic rings. The van der Waals surface area contributed by atoms with Crippen molar-refractivity contribution < 1.29 is 9.84 Å². The Labute approximate surface area is 142 Å². The fourth-order valence-electron chi connectivity index (χ4n) is 3.49. The van der Waals surface area contributed by atoms with Crippen LogP contribution < -0.4 is 4.74 Å². The molecule has 0 spiro atoms. The lowest BCUT2D eigenvalue weighted by Gasteiger charge is -2.17. The van der Waals surface area contributed by atoms with Crippen LogP contribution in [-0.2, 0) is 6.42 Å². The van der Waals surface area contributed by atoms with E-state index >= 15 is 0 Å². The van der Waals surface area contributed by atoms with E-state index in [-0.39, 0.29) is 6.61 Å². The van der Waals surface area contributed by atoms with Gasteiger partial charge in [0.15, 0.2) is 0 Å². The first-order valence-corrected chi connectivity index (χ1v) is 9.71. The summed E-state index contributed by atoms with van der Waals surface area (Å²) in [5.41, 5.74) is 1.28. The Balaban J connectivity index is 1.75. The highest BCUT2D eigenvalue weighted by Gasteiger charge is 2.11. The highest BCUT2D eigenvalue weighted by molar-refractivity contribution is 5.27. The molecular formula is C21H34O2. The van der Waals surface area contributed by atoms with E-state index in [1.54, 1.807) is 0 Å². The van der Waals surface area contributed by atoms with Gasteiger partial charge < -0.3 is 9.84 Å². The summed E-state index contributed by atoms with van der Waals surface area (Å²) in [6, 6.07) is 8.42. The molecule has 2 heteroatoms. The number of aliphatic hydroxyl groups is 1. The van der Waals surface area contributed by atoms with Gasteiger partial charge in [0.1, 0.15) is 5.75 Å². The van der Waals surface area contributed by atoms with Gasteiger partial charge in [-0.25, -0.2) is 0 Å². The largest absolute Gasteiger partial charge is 0.493 e. The zero-order valence-electron chi connectivity index (χ0n) is 14.6. The summed E-state index contributed by atoms with van der Waals surface area (Å²) in [6.45, 7) is 1.13. The molecule has 23 heavy (non-hydrogen) atoms. The molecule has 0 atom stereocenters. The van der Waals surface area contributed by atoms with Crippen molar-refractivity contribution in [3.05, 3.63) is 29.8 Å². The van der Waals surface area contributed by atoms with Crippen LogP contribution in [0.1, 0.15) is 76.2 Å². The Bertz CT molecular complexity index is 387. The summed E-state index contributed by atoms with van der Waals surface area (Å²) in [5, 5.41) is 8.88. The van der Waals surface area contributed by atoms with Gasteiger partial charge in [0, 0.05) is 6.61 Å². The van der Waals surface area contributed by atoms with Crippen molar-refractivity contribution in [3.63, 3.8) is 0 Å². The zero-order valence-corrected chi connectivity index (χ0v) is 14.6. The van der Waals surface area contributed by atoms with Gasteiger partial charge in [-0.1, -0.05) is 63.5 Å². The summed E-state index contributed by atoms with van der Waals surface area (Å²) >= 11 is 0. The van der Waals surface area contributed by atoms with E-state index in [2.05, 4.69) is 24.3 Å². The topological polar surface area (TPSA) is 29.5 Å². The van der Waals surface area contributed by atoms with Crippen molar-refractivity contribution in [1.29, 1.82) is 0 Å². The summed E-state index contributed by atoms with van der Waals surface area (Å²) in [5.74, 6) is 1.72. The Morgan fingerprint density at radius 1 is 0.826 bits per heavy atom. The van der Waals surface area contributed by atoms with Crippen molar-refractivity contribution in [2.75, 3.05) is 13.2 Å². The van der Waals surface area contributed by atoms with E-state index in [0.717, 1.165) is 31.1 Å². The normalized spacial score (nSPS) is 18.3. The van der Waals surface area contributed by atoms with Gasteiger partial charge in [-0.3, -0.25) is 0 Å². The Kier molecular flexibility index (Phi) is 9.16. The lowest BCUT2D eigenvalue weighted by Crippen LogP contribution is -2.12. The molecule has 1 saturated carbocycles. The van der Waals surface area contributed by atoms with E-state index in [4.69, 9.17) is 9.84 Å². The van der Waals surface area contributed by atoms with Gasteiger partial charge in [0.25, 0.3) is 0 Å². The predicted octanol–water partition coefficient (Wildman–Crippen LogP) is 5.52. The van der Waals surface area contributed by atoms with E-state index in [1.165, 1.54) is 69.8 Å². The third-order valence-corrected chi connectivity index (χ3v) is 5.01. The molecule has 1 fully saturated rings. The molecule has 1 aliphatic rings. The highest BCUT2D eigenvalue weighted by atomic mass is 16.5. The van der Waals surface area contributed by atoms with Crippen LogP contribution in [0.5, 0.6) is 5.75 Å². The average Bonchev–Trinajstić information content (AvgIpc) is 2.65. The lowest BCUT2D eigenvalue weighted by atomic mass is 9.96. The van der Waals surface area contributed by atoms with Crippen LogP contribution in [0.3, 0.4) is 0 Å². The molecule has 0 aliphatic heterocycles. The molecule has 2 nitrogen and oxygen atoms in total. The van der Waals surface area contributed by atoms with Crippen LogP contribution in [0.15, 0.2) is 24.3 Å². The number of hydrogen-bond donors (Lipinski definition) is 1. The van der Waals surface area contributed by atoms with Crippen molar-refractivity contribution >= 4 is 0 Å². The van der Waals surface area contributed by atoms with Gasteiger partial charge in [-0.15, -0.1) is 0 Å².